The average molecular weight is 539 g/mol. The van der Waals surface area contributed by atoms with E-state index in [9.17, 15) is 18.3 Å². The second kappa shape index (κ2) is 11.6. The summed E-state index contributed by atoms with van der Waals surface area (Å²) in [5.41, 5.74) is 10.7. The van der Waals surface area contributed by atoms with Gasteiger partial charge in [-0.3, -0.25) is 4.79 Å². The fourth-order valence-electron chi connectivity index (χ4n) is 6.11. The molecule has 3 aromatic rings. The van der Waals surface area contributed by atoms with Crippen LogP contribution in [0.25, 0.3) is 22.0 Å². The number of hydrogen-bond acceptors (Lipinski definition) is 5. The number of aromatic nitrogens is 1. The molecular weight excluding hydrogens is 500 g/mol. The molecule has 2 aliphatic heterocycles. The van der Waals surface area contributed by atoms with Crippen LogP contribution in [0.1, 0.15) is 42.7 Å². The molecule has 9 heteroatoms. The smallest absolute Gasteiger partial charge is 0.221 e. The van der Waals surface area contributed by atoms with Crippen LogP contribution in [0.3, 0.4) is 0 Å². The van der Waals surface area contributed by atoms with E-state index in [-0.39, 0.29) is 36.5 Å². The number of piperidine rings is 2. The number of carbonyl (C=O) groups excluding carboxylic acids is 1. The molecular formula is C29H38N4O4S. The number of aliphatic hydroxyl groups excluding tert-OH is 1. The Labute approximate surface area is 224 Å². The van der Waals surface area contributed by atoms with Crippen LogP contribution in [0.15, 0.2) is 48.7 Å². The van der Waals surface area contributed by atoms with E-state index in [1.807, 2.05) is 30.5 Å². The van der Waals surface area contributed by atoms with E-state index in [4.69, 9.17) is 5.73 Å². The topological polar surface area (TPSA) is 120 Å². The summed E-state index contributed by atoms with van der Waals surface area (Å²) in [4.78, 5) is 17.4. The third kappa shape index (κ3) is 5.96. The highest BCUT2D eigenvalue weighted by Crippen LogP contribution is 2.37. The van der Waals surface area contributed by atoms with Gasteiger partial charge in [0.25, 0.3) is 0 Å². The minimum Gasteiger partial charge on any atom is -0.396 e. The van der Waals surface area contributed by atoms with Crippen molar-refractivity contribution in [2.75, 3.05) is 45.1 Å². The van der Waals surface area contributed by atoms with E-state index < -0.39 is 10.0 Å². The summed E-state index contributed by atoms with van der Waals surface area (Å²) in [5, 5.41) is 10.5. The highest BCUT2D eigenvalue weighted by atomic mass is 32.2. The van der Waals surface area contributed by atoms with Gasteiger partial charge in [-0.1, -0.05) is 30.3 Å². The van der Waals surface area contributed by atoms with E-state index >= 15 is 0 Å². The number of fused-ring (bicyclic) bond motifs is 1. The van der Waals surface area contributed by atoms with Gasteiger partial charge in [0.05, 0.1) is 12.2 Å². The molecule has 0 aliphatic carbocycles. The van der Waals surface area contributed by atoms with E-state index in [1.165, 1.54) is 5.56 Å². The number of sulfonamides is 1. The van der Waals surface area contributed by atoms with Gasteiger partial charge in [0.15, 0.2) is 0 Å². The molecule has 1 aromatic heterocycles. The van der Waals surface area contributed by atoms with Crippen LogP contribution in [0.5, 0.6) is 0 Å². The average Bonchev–Trinajstić information content (AvgIpc) is 3.37. The number of H-pyrrole nitrogens is 1. The molecule has 0 spiro atoms. The predicted octanol–water partition coefficient (Wildman–Crippen LogP) is 3.08. The maximum atomic E-state index is 13.1. The number of carbonyl (C=O) groups is 1. The van der Waals surface area contributed by atoms with Crippen LogP contribution in [0.4, 0.5) is 0 Å². The van der Waals surface area contributed by atoms with Crippen LogP contribution in [-0.4, -0.2) is 78.7 Å². The molecule has 0 radical (unpaired) electrons. The second-order valence-corrected chi connectivity index (χ2v) is 12.9. The Morgan fingerprint density at radius 3 is 2.53 bits per heavy atom. The normalized spacial score (nSPS) is 20.2. The fraction of sp³-hybridized carbons (Fsp3) is 0.483. The molecule has 2 aromatic carbocycles. The quantitative estimate of drug-likeness (QED) is 0.387. The summed E-state index contributed by atoms with van der Waals surface area (Å²) >= 11 is 0. The van der Waals surface area contributed by atoms with Crippen molar-refractivity contribution in [2.24, 2.45) is 11.7 Å². The van der Waals surface area contributed by atoms with Crippen LogP contribution >= 0.6 is 0 Å². The first-order valence-electron chi connectivity index (χ1n) is 13.6. The first kappa shape index (κ1) is 26.9. The molecule has 38 heavy (non-hydrogen) atoms. The minimum absolute atomic E-state index is 0.125. The zero-order chi connectivity index (χ0) is 26.7. The summed E-state index contributed by atoms with van der Waals surface area (Å²) in [5.74, 6) is 0.238. The molecule has 204 valence electrons. The van der Waals surface area contributed by atoms with Crippen molar-refractivity contribution in [2.45, 2.75) is 38.0 Å². The number of primary amides is 1. The van der Waals surface area contributed by atoms with Gasteiger partial charge in [0, 0.05) is 49.9 Å². The number of hydrogen-bond donors (Lipinski definition) is 3. The molecule has 8 nitrogen and oxygen atoms in total. The molecule has 2 saturated heterocycles. The lowest BCUT2D eigenvalue weighted by atomic mass is 9.88. The zero-order valence-electron chi connectivity index (χ0n) is 21.8. The molecule has 4 N–H and O–H groups in total. The maximum absolute atomic E-state index is 13.1. The number of aromatic amines is 1. The molecule has 5 rings (SSSR count). The third-order valence-electron chi connectivity index (χ3n) is 8.19. The molecule has 2 aliphatic rings. The van der Waals surface area contributed by atoms with Crippen LogP contribution in [-0.2, 0) is 21.2 Å². The number of benzene rings is 2. The van der Waals surface area contributed by atoms with Gasteiger partial charge < -0.3 is 20.7 Å². The van der Waals surface area contributed by atoms with Crippen LogP contribution < -0.4 is 5.73 Å². The Kier molecular flexibility index (Phi) is 8.18. The van der Waals surface area contributed by atoms with E-state index in [0.717, 1.165) is 66.4 Å². The number of nitrogens with two attached hydrogens (primary N) is 1. The number of amides is 1. The number of likely N-dealkylation sites (tertiary alicyclic amines) is 1. The highest BCUT2D eigenvalue weighted by Gasteiger charge is 2.31. The van der Waals surface area contributed by atoms with Gasteiger partial charge >= 0.3 is 0 Å². The van der Waals surface area contributed by atoms with Gasteiger partial charge in [0.2, 0.25) is 15.9 Å². The van der Waals surface area contributed by atoms with Crippen molar-refractivity contribution in [3.63, 3.8) is 0 Å². The van der Waals surface area contributed by atoms with Crippen LogP contribution in [0.2, 0.25) is 0 Å². The predicted molar refractivity (Wildman–Crippen MR) is 150 cm³/mol. The van der Waals surface area contributed by atoms with Gasteiger partial charge in [-0.25, -0.2) is 12.7 Å². The van der Waals surface area contributed by atoms with Crippen LogP contribution in [0, 0.1) is 5.92 Å². The summed E-state index contributed by atoms with van der Waals surface area (Å²) in [6, 6.07) is 14.3. The first-order valence-corrected chi connectivity index (χ1v) is 15.2. The number of aliphatic hydroxyl groups is 1. The highest BCUT2D eigenvalue weighted by molar-refractivity contribution is 7.89. The largest absolute Gasteiger partial charge is 0.396 e. The number of rotatable bonds is 9. The second-order valence-electron chi connectivity index (χ2n) is 10.8. The molecule has 1 atom stereocenters. The monoisotopic (exact) mass is 538 g/mol. The van der Waals surface area contributed by atoms with E-state index in [1.54, 1.807) is 4.31 Å². The lowest BCUT2D eigenvalue weighted by Gasteiger charge is -2.34. The SMILES string of the molecule is NC(=O)Cc1cc(-c2ccccc2)cc2c(C3CCN(S(=O)(=O)CCN4CCCC(CO)C4)CC3)c[nH]c12. The first-order chi connectivity index (χ1) is 18.3. The number of nitrogens with one attached hydrogen (secondary N) is 1. The van der Waals surface area contributed by atoms with Crippen molar-refractivity contribution >= 4 is 26.8 Å². The van der Waals surface area contributed by atoms with Gasteiger partial charge in [-0.2, -0.15) is 0 Å². The third-order valence-corrected chi connectivity index (χ3v) is 10.0. The Hall–Kier alpha value is -2.72. The van der Waals surface area contributed by atoms with Gasteiger partial charge in [-0.05, 0) is 78.5 Å². The lowest BCUT2D eigenvalue weighted by molar-refractivity contribution is -0.117. The number of nitrogens with zero attached hydrogens (tertiary/aromatic N) is 2. The van der Waals surface area contributed by atoms with Crippen molar-refractivity contribution in [3.8, 4) is 11.1 Å². The molecule has 0 bridgehead atoms. The van der Waals surface area contributed by atoms with Gasteiger partial charge in [-0.15, -0.1) is 0 Å². The zero-order valence-corrected chi connectivity index (χ0v) is 22.6. The molecule has 1 unspecified atom stereocenters. The molecule has 3 heterocycles. The fourth-order valence-corrected chi connectivity index (χ4v) is 7.63. The molecule has 1 amide bonds. The Bertz CT molecular complexity index is 1360. The van der Waals surface area contributed by atoms with Crippen molar-refractivity contribution in [1.29, 1.82) is 0 Å². The van der Waals surface area contributed by atoms with Crippen molar-refractivity contribution < 1.29 is 18.3 Å². The Morgan fingerprint density at radius 1 is 1.05 bits per heavy atom. The Balaban J connectivity index is 1.30. The summed E-state index contributed by atoms with van der Waals surface area (Å²) in [7, 11) is -3.33. The van der Waals surface area contributed by atoms with Crippen molar-refractivity contribution in [3.05, 3.63) is 59.8 Å². The molecule has 2 fully saturated rings. The lowest BCUT2D eigenvalue weighted by Crippen LogP contribution is -2.44. The van der Waals surface area contributed by atoms with E-state index in [2.05, 4.69) is 28.1 Å². The van der Waals surface area contributed by atoms with Gasteiger partial charge in [0.1, 0.15) is 0 Å². The van der Waals surface area contributed by atoms with Crippen molar-refractivity contribution in [1.82, 2.24) is 14.2 Å². The minimum atomic E-state index is -3.33. The molecule has 0 saturated carbocycles. The Morgan fingerprint density at radius 2 is 1.82 bits per heavy atom. The maximum Gasteiger partial charge on any atom is 0.221 e. The standard InChI is InChI=1S/C29H38N4O4S/c30-28(35)17-25-15-24(22-6-2-1-3-7-22)16-26-27(18-31-29(25)26)23-8-11-33(12-9-23)38(36,37)14-13-32-10-4-5-21(19-32)20-34/h1-3,6-7,15-16,18,21,23,31,34H,4-5,8-14,17,19-20H2,(H2,30,35). The summed E-state index contributed by atoms with van der Waals surface area (Å²) < 4.78 is 27.9. The summed E-state index contributed by atoms with van der Waals surface area (Å²) in [6.45, 7) is 3.37. The summed E-state index contributed by atoms with van der Waals surface area (Å²) in [6.07, 6.45) is 5.70. The van der Waals surface area contributed by atoms with E-state index in [0.29, 0.717) is 19.6 Å².